The second kappa shape index (κ2) is 6.89. The van der Waals surface area contributed by atoms with Gasteiger partial charge in [0, 0.05) is 18.8 Å². The van der Waals surface area contributed by atoms with Crippen LogP contribution in [0, 0.1) is 13.8 Å². The topological polar surface area (TPSA) is 84.7 Å². The van der Waals surface area contributed by atoms with Crippen molar-refractivity contribution in [1.29, 1.82) is 0 Å². The van der Waals surface area contributed by atoms with E-state index in [1.165, 1.54) is 5.56 Å². The van der Waals surface area contributed by atoms with Crippen LogP contribution in [0.3, 0.4) is 0 Å². The Morgan fingerprint density at radius 1 is 1.32 bits per heavy atom. The van der Waals surface area contributed by atoms with Gasteiger partial charge in [-0.2, -0.15) is 0 Å². The molecular formula is C16H23N3O3. The number of amides is 2. The van der Waals surface area contributed by atoms with E-state index in [4.69, 9.17) is 10.5 Å². The van der Waals surface area contributed by atoms with E-state index in [1.807, 2.05) is 43.9 Å². The second-order valence-electron chi connectivity index (χ2n) is 5.88. The van der Waals surface area contributed by atoms with Crippen molar-refractivity contribution in [3.63, 3.8) is 0 Å². The molecule has 2 amide bonds. The molecule has 120 valence electrons. The Morgan fingerprint density at radius 3 is 2.68 bits per heavy atom. The predicted molar refractivity (Wildman–Crippen MR) is 84.5 cm³/mol. The van der Waals surface area contributed by atoms with E-state index < -0.39 is 12.0 Å². The lowest BCUT2D eigenvalue weighted by Crippen LogP contribution is -2.53. The van der Waals surface area contributed by atoms with Crippen LogP contribution in [0.5, 0.6) is 0 Å². The monoisotopic (exact) mass is 305 g/mol. The maximum absolute atomic E-state index is 12.2. The normalized spacial score (nSPS) is 22.3. The summed E-state index contributed by atoms with van der Waals surface area (Å²) >= 11 is 0. The van der Waals surface area contributed by atoms with Crippen LogP contribution in [0.25, 0.3) is 0 Å². The molecule has 0 spiro atoms. The van der Waals surface area contributed by atoms with Gasteiger partial charge in [0.25, 0.3) is 0 Å². The summed E-state index contributed by atoms with van der Waals surface area (Å²) < 4.78 is 5.46. The number of nitrogens with one attached hydrogen (secondary N) is 1. The SMILES string of the molecule is Cc1ccc(NC(=O)CN2CC(C(N)=O)O[C@H](C)C2)cc1C. The number of primary amides is 1. The summed E-state index contributed by atoms with van der Waals surface area (Å²) in [5, 5.41) is 2.88. The average molecular weight is 305 g/mol. The van der Waals surface area contributed by atoms with Crippen LogP contribution < -0.4 is 11.1 Å². The summed E-state index contributed by atoms with van der Waals surface area (Å²) in [4.78, 5) is 25.3. The Balaban J connectivity index is 1.93. The summed E-state index contributed by atoms with van der Waals surface area (Å²) in [5.74, 6) is -0.605. The maximum Gasteiger partial charge on any atom is 0.247 e. The van der Waals surface area contributed by atoms with Crippen LogP contribution in [0.15, 0.2) is 18.2 Å². The average Bonchev–Trinajstić information content (AvgIpc) is 2.42. The Bertz CT molecular complexity index is 574. The van der Waals surface area contributed by atoms with Crippen molar-refractivity contribution in [1.82, 2.24) is 4.90 Å². The fraction of sp³-hybridized carbons (Fsp3) is 0.500. The molecule has 1 aromatic rings. The quantitative estimate of drug-likeness (QED) is 0.862. The number of carbonyl (C=O) groups excluding carboxylic acids is 2. The third kappa shape index (κ3) is 4.29. The highest BCUT2D eigenvalue weighted by Gasteiger charge is 2.29. The van der Waals surface area contributed by atoms with Crippen LogP contribution >= 0.6 is 0 Å². The molecule has 1 heterocycles. The van der Waals surface area contributed by atoms with Gasteiger partial charge in [0.2, 0.25) is 11.8 Å². The predicted octanol–water partition coefficient (Wildman–Crippen LogP) is 0.817. The lowest BCUT2D eigenvalue weighted by atomic mass is 10.1. The van der Waals surface area contributed by atoms with Crippen molar-refractivity contribution in [3.05, 3.63) is 29.3 Å². The summed E-state index contributed by atoms with van der Waals surface area (Å²) in [6.07, 6.45) is -0.779. The van der Waals surface area contributed by atoms with Crippen molar-refractivity contribution in [2.24, 2.45) is 5.73 Å². The molecule has 0 saturated carbocycles. The Hall–Kier alpha value is -1.92. The van der Waals surface area contributed by atoms with Gasteiger partial charge in [-0.05, 0) is 44.0 Å². The Labute approximate surface area is 130 Å². The van der Waals surface area contributed by atoms with Gasteiger partial charge in [-0.15, -0.1) is 0 Å². The number of carbonyl (C=O) groups is 2. The maximum atomic E-state index is 12.2. The van der Waals surface area contributed by atoms with Gasteiger partial charge in [-0.1, -0.05) is 6.07 Å². The molecule has 1 aliphatic heterocycles. The van der Waals surface area contributed by atoms with Crippen molar-refractivity contribution < 1.29 is 14.3 Å². The first kappa shape index (κ1) is 16.5. The smallest absolute Gasteiger partial charge is 0.247 e. The first-order valence-electron chi connectivity index (χ1n) is 7.39. The minimum Gasteiger partial charge on any atom is -0.367 e. The van der Waals surface area contributed by atoms with Gasteiger partial charge < -0.3 is 15.8 Å². The lowest BCUT2D eigenvalue weighted by Gasteiger charge is -2.34. The van der Waals surface area contributed by atoms with Gasteiger partial charge in [-0.3, -0.25) is 14.5 Å². The molecule has 22 heavy (non-hydrogen) atoms. The third-order valence-electron chi connectivity index (χ3n) is 3.81. The van der Waals surface area contributed by atoms with Crippen molar-refractivity contribution in [2.45, 2.75) is 33.0 Å². The molecule has 0 bridgehead atoms. The zero-order chi connectivity index (χ0) is 16.3. The van der Waals surface area contributed by atoms with Gasteiger partial charge in [0.1, 0.15) is 6.10 Å². The van der Waals surface area contributed by atoms with Crippen LogP contribution in [0.1, 0.15) is 18.1 Å². The molecule has 0 aromatic heterocycles. The number of nitrogens with zero attached hydrogens (tertiary/aromatic N) is 1. The van der Waals surface area contributed by atoms with Gasteiger partial charge >= 0.3 is 0 Å². The van der Waals surface area contributed by atoms with E-state index in [2.05, 4.69) is 5.32 Å². The number of anilines is 1. The minimum atomic E-state index is -0.654. The second-order valence-corrected chi connectivity index (χ2v) is 5.88. The fourth-order valence-corrected chi connectivity index (χ4v) is 2.55. The van der Waals surface area contributed by atoms with E-state index in [0.717, 1.165) is 11.3 Å². The van der Waals surface area contributed by atoms with Crippen LogP contribution in [0.4, 0.5) is 5.69 Å². The minimum absolute atomic E-state index is 0.111. The highest BCUT2D eigenvalue weighted by atomic mass is 16.5. The number of morpholine rings is 1. The summed E-state index contributed by atoms with van der Waals surface area (Å²) in [6.45, 7) is 7.06. The number of aryl methyl sites for hydroxylation is 2. The molecule has 1 fully saturated rings. The molecule has 0 radical (unpaired) electrons. The highest BCUT2D eigenvalue weighted by Crippen LogP contribution is 2.15. The molecule has 2 rings (SSSR count). The zero-order valence-electron chi connectivity index (χ0n) is 13.3. The Kier molecular flexibility index (Phi) is 5.15. The number of benzene rings is 1. The van der Waals surface area contributed by atoms with Crippen LogP contribution in [0.2, 0.25) is 0 Å². The zero-order valence-corrected chi connectivity index (χ0v) is 13.3. The van der Waals surface area contributed by atoms with E-state index in [0.29, 0.717) is 13.1 Å². The van der Waals surface area contributed by atoms with Crippen molar-refractivity contribution in [2.75, 3.05) is 25.0 Å². The molecule has 1 aromatic carbocycles. The van der Waals surface area contributed by atoms with Gasteiger partial charge in [0.15, 0.2) is 0 Å². The molecule has 1 saturated heterocycles. The van der Waals surface area contributed by atoms with Crippen LogP contribution in [-0.4, -0.2) is 48.6 Å². The van der Waals surface area contributed by atoms with Gasteiger partial charge in [-0.25, -0.2) is 0 Å². The number of rotatable bonds is 4. The third-order valence-corrected chi connectivity index (χ3v) is 3.81. The van der Waals surface area contributed by atoms with E-state index in [-0.39, 0.29) is 18.6 Å². The molecule has 6 nitrogen and oxygen atoms in total. The number of hydrogen-bond acceptors (Lipinski definition) is 4. The fourth-order valence-electron chi connectivity index (χ4n) is 2.55. The van der Waals surface area contributed by atoms with Crippen LogP contribution in [-0.2, 0) is 14.3 Å². The number of ether oxygens (including phenoxy) is 1. The molecule has 1 unspecified atom stereocenters. The summed E-state index contributed by atoms with van der Waals surface area (Å²) in [7, 11) is 0. The van der Waals surface area contributed by atoms with Crippen molar-refractivity contribution in [3.8, 4) is 0 Å². The molecular weight excluding hydrogens is 282 g/mol. The van der Waals surface area contributed by atoms with E-state index in [9.17, 15) is 9.59 Å². The number of hydrogen-bond donors (Lipinski definition) is 2. The first-order valence-corrected chi connectivity index (χ1v) is 7.39. The largest absolute Gasteiger partial charge is 0.367 e. The molecule has 1 aliphatic rings. The van der Waals surface area contributed by atoms with Gasteiger partial charge in [0.05, 0.1) is 12.6 Å². The summed E-state index contributed by atoms with van der Waals surface area (Å²) in [6, 6.07) is 5.81. The molecule has 3 N–H and O–H groups in total. The Morgan fingerprint density at radius 2 is 2.05 bits per heavy atom. The highest BCUT2D eigenvalue weighted by molar-refractivity contribution is 5.92. The summed E-state index contributed by atoms with van der Waals surface area (Å²) in [5.41, 5.74) is 8.38. The molecule has 2 atom stereocenters. The number of nitrogens with two attached hydrogens (primary N) is 1. The van der Waals surface area contributed by atoms with E-state index >= 15 is 0 Å². The van der Waals surface area contributed by atoms with E-state index in [1.54, 1.807) is 0 Å². The lowest BCUT2D eigenvalue weighted by molar-refractivity contribution is -0.144. The molecule has 6 heteroatoms. The first-order chi connectivity index (χ1) is 10.3. The molecule has 0 aliphatic carbocycles. The standard InChI is InChI=1S/C16H23N3O3/c1-10-4-5-13(6-11(10)2)18-15(20)9-19-7-12(3)22-14(8-19)16(17)21/h4-6,12,14H,7-9H2,1-3H3,(H2,17,21)(H,18,20)/t12-,14?/m1/s1. The van der Waals surface area contributed by atoms with Crippen molar-refractivity contribution >= 4 is 17.5 Å².